The van der Waals surface area contributed by atoms with Crippen LogP contribution in [0.1, 0.15) is 24.8 Å². The number of nitrogens with zero attached hydrogens (tertiary/aromatic N) is 1. The molecule has 1 atom stereocenters. The lowest BCUT2D eigenvalue weighted by atomic mass is 9.94. The monoisotopic (exact) mass is 266 g/mol. The molecular formula is C14H19ClN2O. The molecule has 3 nitrogen and oxygen atoms in total. The van der Waals surface area contributed by atoms with Crippen molar-refractivity contribution in [2.75, 3.05) is 13.1 Å². The van der Waals surface area contributed by atoms with E-state index in [4.69, 9.17) is 5.73 Å². The molecule has 1 aliphatic heterocycles. The Balaban J connectivity index is 0.00000120. The van der Waals surface area contributed by atoms with Crippen molar-refractivity contribution < 1.29 is 4.79 Å². The van der Waals surface area contributed by atoms with Crippen LogP contribution in [0.3, 0.4) is 0 Å². The first-order valence-electron chi connectivity index (χ1n) is 6.33. The molecule has 2 aliphatic rings. The molecule has 0 aromatic heterocycles. The second kappa shape index (κ2) is 4.90. The van der Waals surface area contributed by atoms with Crippen molar-refractivity contribution in [1.29, 1.82) is 0 Å². The summed E-state index contributed by atoms with van der Waals surface area (Å²) < 4.78 is 0. The first kappa shape index (κ1) is 13.4. The quantitative estimate of drug-likeness (QED) is 0.886. The highest BCUT2D eigenvalue weighted by Crippen LogP contribution is 2.49. The molecule has 0 unspecified atom stereocenters. The van der Waals surface area contributed by atoms with Crippen molar-refractivity contribution >= 4 is 18.3 Å². The molecule has 0 spiro atoms. The topological polar surface area (TPSA) is 46.3 Å². The van der Waals surface area contributed by atoms with Gasteiger partial charge in [0, 0.05) is 19.1 Å². The van der Waals surface area contributed by atoms with Gasteiger partial charge in [-0.1, -0.05) is 30.3 Å². The van der Waals surface area contributed by atoms with E-state index in [-0.39, 0.29) is 29.8 Å². The van der Waals surface area contributed by atoms with Gasteiger partial charge in [-0.25, -0.2) is 0 Å². The lowest BCUT2D eigenvalue weighted by Crippen LogP contribution is -2.39. The number of carbonyl (C=O) groups is 1. The molecule has 0 radical (unpaired) electrons. The molecular weight excluding hydrogens is 248 g/mol. The van der Waals surface area contributed by atoms with E-state index < -0.39 is 0 Å². The van der Waals surface area contributed by atoms with E-state index in [0.717, 1.165) is 32.4 Å². The van der Waals surface area contributed by atoms with E-state index in [1.807, 2.05) is 23.1 Å². The highest BCUT2D eigenvalue weighted by molar-refractivity contribution is 5.91. The predicted octanol–water partition coefficient (Wildman–Crippen LogP) is 1.70. The summed E-state index contributed by atoms with van der Waals surface area (Å²) in [4.78, 5) is 14.5. The summed E-state index contributed by atoms with van der Waals surface area (Å²) in [5.41, 5.74) is 6.83. The lowest BCUT2D eigenvalue weighted by Gasteiger charge is -2.23. The van der Waals surface area contributed by atoms with E-state index >= 15 is 0 Å². The summed E-state index contributed by atoms with van der Waals surface area (Å²) in [5.74, 6) is 0.289. The highest BCUT2D eigenvalue weighted by atomic mass is 35.5. The Morgan fingerprint density at radius 1 is 1.28 bits per heavy atom. The fourth-order valence-corrected chi connectivity index (χ4v) is 2.78. The molecule has 1 saturated heterocycles. The maximum atomic E-state index is 12.5. The van der Waals surface area contributed by atoms with Gasteiger partial charge >= 0.3 is 0 Å². The number of rotatable bonds is 2. The van der Waals surface area contributed by atoms with Gasteiger partial charge in [-0.2, -0.15) is 0 Å². The maximum absolute atomic E-state index is 12.5. The predicted molar refractivity (Wildman–Crippen MR) is 73.8 cm³/mol. The number of hydrogen-bond acceptors (Lipinski definition) is 2. The summed E-state index contributed by atoms with van der Waals surface area (Å²) in [6.07, 6.45) is 2.92. The minimum absolute atomic E-state index is 0. The molecule has 2 fully saturated rings. The van der Waals surface area contributed by atoms with E-state index in [0.29, 0.717) is 0 Å². The van der Waals surface area contributed by atoms with Crippen molar-refractivity contribution in [3.8, 4) is 0 Å². The molecule has 3 rings (SSSR count). The van der Waals surface area contributed by atoms with Crippen LogP contribution in [0.4, 0.5) is 0 Å². The van der Waals surface area contributed by atoms with Crippen molar-refractivity contribution in [2.24, 2.45) is 5.73 Å². The summed E-state index contributed by atoms with van der Waals surface area (Å²) in [7, 11) is 0. The van der Waals surface area contributed by atoms with Crippen LogP contribution >= 0.6 is 12.4 Å². The zero-order valence-electron chi connectivity index (χ0n) is 10.3. The largest absolute Gasteiger partial charge is 0.340 e. The second-order valence-electron chi connectivity index (χ2n) is 5.25. The molecule has 1 saturated carbocycles. The van der Waals surface area contributed by atoms with Crippen molar-refractivity contribution in [3.63, 3.8) is 0 Å². The summed E-state index contributed by atoms with van der Waals surface area (Å²) in [6, 6.07) is 10.3. The molecule has 1 aromatic rings. The summed E-state index contributed by atoms with van der Waals surface area (Å²) >= 11 is 0. The van der Waals surface area contributed by atoms with E-state index in [9.17, 15) is 4.79 Å². The SMILES string of the molecule is Cl.N[C@@H]1CCN(C(=O)C2(c3ccccc3)CC2)C1. The van der Waals surface area contributed by atoms with Gasteiger partial charge in [0.25, 0.3) is 0 Å². The third-order valence-electron chi connectivity index (χ3n) is 4.00. The third-order valence-corrected chi connectivity index (χ3v) is 4.00. The summed E-state index contributed by atoms with van der Waals surface area (Å²) in [6.45, 7) is 1.56. The average Bonchev–Trinajstić information content (AvgIpc) is 3.07. The van der Waals surface area contributed by atoms with Gasteiger partial charge in [0.2, 0.25) is 5.91 Å². The number of halogens is 1. The average molecular weight is 267 g/mol. The molecule has 1 amide bonds. The van der Waals surface area contributed by atoms with E-state index in [1.54, 1.807) is 0 Å². The number of nitrogens with two attached hydrogens (primary N) is 1. The Morgan fingerprint density at radius 2 is 1.94 bits per heavy atom. The second-order valence-corrected chi connectivity index (χ2v) is 5.25. The van der Waals surface area contributed by atoms with Gasteiger partial charge < -0.3 is 10.6 Å². The van der Waals surface area contributed by atoms with E-state index in [1.165, 1.54) is 5.56 Å². The zero-order chi connectivity index (χ0) is 11.9. The number of likely N-dealkylation sites (tertiary alicyclic amines) is 1. The fraction of sp³-hybridized carbons (Fsp3) is 0.500. The minimum atomic E-state index is -0.217. The molecule has 18 heavy (non-hydrogen) atoms. The molecule has 4 heteroatoms. The van der Waals surface area contributed by atoms with Gasteiger partial charge in [0.05, 0.1) is 5.41 Å². The normalized spacial score (nSPS) is 24.5. The molecule has 2 N–H and O–H groups in total. The zero-order valence-corrected chi connectivity index (χ0v) is 11.2. The molecule has 0 bridgehead atoms. The first-order chi connectivity index (χ1) is 8.22. The van der Waals surface area contributed by atoms with Crippen LogP contribution in [-0.2, 0) is 10.2 Å². The van der Waals surface area contributed by atoms with Gasteiger partial charge in [-0.15, -0.1) is 12.4 Å². The Labute approximate surface area is 114 Å². The van der Waals surface area contributed by atoms with Gasteiger partial charge in [0.1, 0.15) is 0 Å². The van der Waals surface area contributed by atoms with Gasteiger partial charge in [0.15, 0.2) is 0 Å². The van der Waals surface area contributed by atoms with Crippen molar-refractivity contribution in [3.05, 3.63) is 35.9 Å². The van der Waals surface area contributed by atoms with Gasteiger partial charge in [-0.05, 0) is 24.8 Å². The Hall–Kier alpha value is -1.06. The van der Waals surface area contributed by atoms with Crippen LogP contribution < -0.4 is 5.73 Å². The Bertz CT molecular complexity index is 431. The van der Waals surface area contributed by atoms with Crippen LogP contribution in [0.2, 0.25) is 0 Å². The third kappa shape index (κ3) is 2.13. The Morgan fingerprint density at radius 3 is 2.44 bits per heavy atom. The van der Waals surface area contributed by atoms with Crippen molar-refractivity contribution in [1.82, 2.24) is 4.90 Å². The minimum Gasteiger partial charge on any atom is -0.340 e. The van der Waals surface area contributed by atoms with Crippen LogP contribution in [-0.4, -0.2) is 29.9 Å². The van der Waals surface area contributed by atoms with E-state index in [2.05, 4.69) is 12.1 Å². The van der Waals surface area contributed by atoms with Crippen LogP contribution in [0.25, 0.3) is 0 Å². The van der Waals surface area contributed by atoms with Crippen molar-refractivity contribution in [2.45, 2.75) is 30.7 Å². The molecule has 1 aliphatic carbocycles. The van der Waals surface area contributed by atoms with Crippen LogP contribution in [0.5, 0.6) is 0 Å². The smallest absolute Gasteiger partial charge is 0.233 e. The molecule has 1 aromatic carbocycles. The van der Waals surface area contributed by atoms with Crippen LogP contribution in [0.15, 0.2) is 30.3 Å². The van der Waals surface area contributed by atoms with Gasteiger partial charge in [-0.3, -0.25) is 4.79 Å². The number of hydrogen-bond donors (Lipinski definition) is 1. The molecule has 98 valence electrons. The summed E-state index contributed by atoms with van der Waals surface area (Å²) in [5, 5.41) is 0. The number of amides is 1. The Kier molecular flexibility index (Phi) is 3.64. The lowest BCUT2D eigenvalue weighted by molar-refractivity contribution is -0.132. The van der Waals surface area contributed by atoms with Crippen LogP contribution in [0, 0.1) is 0 Å². The molecule has 1 heterocycles. The maximum Gasteiger partial charge on any atom is 0.233 e. The standard InChI is InChI=1S/C14H18N2O.ClH/c15-12-6-9-16(10-12)13(17)14(7-8-14)11-4-2-1-3-5-11;/h1-5,12H,6-10,15H2;1H/t12-;/m1./s1. The fourth-order valence-electron chi connectivity index (χ4n) is 2.78. The highest BCUT2D eigenvalue weighted by Gasteiger charge is 2.53. The first-order valence-corrected chi connectivity index (χ1v) is 6.33. The number of carbonyl (C=O) groups excluding carboxylic acids is 1. The number of benzene rings is 1.